The van der Waals surface area contributed by atoms with Gasteiger partial charge in [0.05, 0.1) is 12.5 Å². The highest BCUT2D eigenvalue weighted by Crippen LogP contribution is 2.29. The van der Waals surface area contributed by atoms with Gasteiger partial charge >= 0.3 is 0 Å². The number of benzene rings is 1. The lowest BCUT2D eigenvalue weighted by atomic mass is 9.95. The van der Waals surface area contributed by atoms with E-state index in [9.17, 15) is 0 Å². The van der Waals surface area contributed by atoms with Gasteiger partial charge in [-0.2, -0.15) is 0 Å². The Morgan fingerprint density at radius 3 is 1.23 bits per heavy atom. The van der Waals surface area contributed by atoms with Crippen LogP contribution in [0.3, 0.4) is 0 Å². The maximum atomic E-state index is 4.58. The summed E-state index contributed by atoms with van der Waals surface area (Å²) in [6.07, 6.45) is 11.2. The van der Waals surface area contributed by atoms with E-state index in [0.29, 0.717) is 0 Å². The van der Waals surface area contributed by atoms with Crippen LogP contribution in [0.1, 0.15) is 0 Å². The second-order valence-electron chi connectivity index (χ2n) is 2.37. The fourth-order valence-electron chi connectivity index (χ4n) is 0.889. The topological polar surface area (TPSA) is 13.1 Å². The van der Waals surface area contributed by atoms with Crippen LogP contribution in [0, 0.1) is 12.8 Å². The standard InChI is InChI=1S/C6H4.C4H4O.C2H2/c1-2-6-4-3-5(1)6;1-2-4-5-3-1;1-2/h1-4H;1-4H;1-2H. The van der Waals surface area contributed by atoms with E-state index in [-0.39, 0.29) is 0 Å². The number of rotatable bonds is 0. The van der Waals surface area contributed by atoms with Gasteiger partial charge in [0, 0.05) is 0 Å². The van der Waals surface area contributed by atoms with Gasteiger partial charge < -0.3 is 4.42 Å². The lowest BCUT2D eigenvalue weighted by Gasteiger charge is -2.10. The summed E-state index contributed by atoms with van der Waals surface area (Å²) in [5.74, 6) is 0. The van der Waals surface area contributed by atoms with Crippen LogP contribution >= 0.6 is 0 Å². The van der Waals surface area contributed by atoms with E-state index in [2.05, 4.69) is 41.5 Å². The van der Waals surface area contributed by atoms with Gasteiger partial charge in [-0.1, -0.05) is 24.3 Å². The second-order valence-corrected chi connectivity index (χ2v) is 2.37. The van der Waals surface area contributed by atoms with Gasteiger partial charge in [0.1, 0.15) is 0 Å². The molecule has 0 N–H and O–H groups in total. The van der Waals surface area contributed by atoms with Crippen molar-refractivity contribution < 1.29 is 4.42 Å². The van der Waals surface area contributed by atoms with Crippen molar-refractivity contribution in [2.24, 2.45) is 0 Å². The Balaban J connectivity index is 0.000000112. The molecule has 1 heterocycles. The molecule has 64 valence electrons. The Bertz CT molecular complexity index is 302. The first-order chi connectivity index (χ1) is 6.47. The van der Waals surface area contributed by atoms with Gasteiger partial charge in [0.25, 0.3) is 0 Å². The van der Waals surface area contributed by atoms with Crippen LogP contribution in [0.25, 0.3) is 11.1 Å². The molecule has 0 atom stereocenters. The van der Waals surface area contributed by atoms with E-state index in [1.54, 1.807) is 12.5 Å². The van der Waals surface area contributed by atoms with Gasteiger partial charge in [-0.25, -0.2) is 0 Å². The van der Waals surface area contributed by atoms with Crippen molar-refractivity contribution >= 4 is 0 Å². The summed E-state index contributed by atoms with van der Waals surface area (Å²) in [6, 6.07) is 12.1. The largest absolute Gasteiger partial charge is 0.473 e. The van der Waals surface area contributed by atoms with Gasteiger partial charge in [0.15, 0.2) is 0 Å². The molecule has 13 heavy (non-hydrogen) atoms. The van der Waals surface area contributed by atoms with Gasteiger partial charge in [-0.3, -0.25) is 0 Å². The first-order valence-electron chi connectivity index (χ1n) is 3.88. The van der Waals surface area contributed by atoms with Crippen LogP contribution in [-0.2, 0) is 0 Å². The summed E-state index contributed by atoms with van der Waals surface area (Å²) >= 11 is 0. The van der Waals surface area contributed by atoms with E-state index in [0.717, 1.165) is 0 Å². The molecule has 0 saturated carbocycles. The molecule has 0 bridgehead atoms. The van der Waals surface area contributed by atoms with Crippen LogP contribution in [0.4, 0.5) is 0 Å². The summed E-state index contributed by atoms with van der Waals surface area (Å²) in [4.78, 5) is 0. The van der Waals surface area contributed by atoms with Crippen molar-refractivity contribution in [3.05, 3.63) is 48.9 Å². The Morgan fingerprint density at radius 1 is 0.769 bits per heavy atom. The minimum absolute atomic E-state index is 1.43. The number of terminal acetylenes is 1. The molecule has 0 saturated heterocycles. The summed E-state index contributed by atoms with van der Waals surface area (Å²) < 4.78 is 4.58. The molecule has 1 aromatic heterocycles. The highest BCUT2D eigenvalue weighted by Gasteiger charge is 2.03. The third-order valence-electron chi connectivity index (χ3n) is 1.64. The van der Waals surface area contributed by atoms with Crippen LogP contribution < -0.4 is 0 Å². The lowest BCUT2D eigenvalue weighted by molar-refractivity contribution is 0.567. The SMILES string of the molecule is C#C.c1cc2ccc1-2.c1ccoc1. The molecular weight excluding hydrogens is 160 g/mol. The monoisotopic (exact) mass is 170 g/mol. The molecule has 0 spiro atoms. The normalized spacial score (nSPS) is 8.46. The van der Waals surface area contributed by atoms with Crippen molar-refractivity contribution in [3.8, 4) is 24.0 Å². The highest BCUT2D eigenvalue weighted by atomic mass is 16.3. The summed E-state index contributed by atoms with van der Waals surface area (Å²) in [7, 11) is 0. The zero-order chi connectivity index (χ0) is 9.52. The second kappa shape index (κ2) is 4.84. The first kappa shape index (κ1) is 9.15. The highest BCUT2D eigenvalue weighted by molar-refractivity contribution is 5.75. The van der Waals surface area contributed by atoms with E-state index in [4.69, 9.17) is 0 Å². The third-order valence-corrected chi connectivity index (χ3v) is 1.64. The van der Waals surface area contributed by atoms with E-state index >= 15 is 0 Å². The predicted molar refractivity (Wildman–Crippen MR) is 54.0 cm³/mol. The van der Waals surface area contributed by atoms with Crippen LogP contribution in [0.5, 0.6) is 0 Å². The maximum absolute atomic E-state index is 4.58. The van der Waals surface area contributed by atoms with E-state index in [1.165, 1.54) is 11.1 Å². The molecule has 1 nitrogen and oxygen atoms in total. The van der Waals surface area contributed by atoms with Crippen molar-refractivity contribution in [1.29, 1.82) is 0 Å². The lowest BCUT2D eigenvalue weighted by Crippen LogP contribution is -1.85. The molecule has 0 unspecified atom stereocenters. The Hall–Kier alpha value is -1.94. The van der Waals surface area contributed by atoms with Crippen molar-refractivity contribution in [2.75, 3.05) is 0 Å². The minimum Gasteiger partial charge on any atom is -0.473 e. The Morgan fingerprint density at radius 2 is 1.15 bits per heavy atom. The van der Waals surface area contributed by atoms with Gasteiger partial charge in [0.2, 0.25) is 0 Å². The van der Waals surface area contributed by atoms with Crippen molar-refractivity contribution in [1.82, 2.24) is 0 Å². The van der Waals surface area contributed by atoms with Crippen molar-refractivity contribution in [2.45, 2.75) is 0 Å². The molecule has 0 aromatic carbocycles. The van der Waals surface area contributed by atoms with Gasteiger partial charge in [-0.05, 0) is 23.3 Å². The molecule has 0 amide bonds. The van der Waals surface area contributed by atoms with Gasteiger partial charge in [-0.15, -0.1) is 12.8 Å². The Labute approximate surface area is 78.0 Å². The molecular formula is C12H10O. The van der Waals surface area contributed by atoms with E-state index in [1.807, 2.05) is 12.1 Å². The number of fused-ring (bicyclic) bond motifs is 1. The molecule has 0 fully saturated rings. The van der Waals surface area contributed by atoms with Crippen LogP contribution in [0.2, 0.25) is 0 Å². The molecule has 1 aromatic rings. The number of hydrogen-bond acceptors (Lipinski definition) is 1. The fourth-order valence-corrected chi connectivity index (χ4v) is 0.889. The quantitative estimate of drug-likeness (QED) is 0.472. The molecule has 3 rings (SSSR count). The summed E-state index contributed by atoms with van der Waals surface area (Å²) in [5, 5.41) is 0. The number of hydrogen-bond donors (Lipinski definition) is 0. The Kier molecular flexibility index (Phi) is 3.41. The predicted octanol–water partition coefficient (Wildman–Crippen LogP) is 3.20. The third kappa shape index (κ3) is 2.25. The van der Waals surface area contributed by atoms with Crippen molar-refractivity contribution in [3.63, 3.8) is 0 Å². The summed E-state index contributed by atoms with van der Waals surface area (Å²) in [5.41, 5.74) is 2.85. The van der Waals surface area contributed by atoms with Crippen LogP contribution in [-0.4, -0.2) is 0 Å². The van der Waals surface area contributed by atoms with E-state index < -0.39 is 0 Å². The summed E-state index contributed by atoms with van der Waals surface area (Å²) in [6.45, 7) is 0. The number of furan rings is 1. The molecule has 2 aliphatic carbocycles. The smallest absolute Gasteiger partial charge is 0.0902 e. The average Bonchev–Trinajstić information content (AvgIpc) is 2.72. The average molecular weight is 170 g/mol. The molecule has 2 aliphatic rings. The first-order valence-corrected chi connectivity index (χ1v) is 3.88. The molecule has 1 heteroatoms. The molecule has 0 radical (unpaired) electrons. The zero-order valence-corrected chi connectivity index (χ0v) is 7.18. The fraction of sp³-hybridized carbons (Fsp3) is 0. The maximum Gasteiger partial charge on any atom is 0.0902 e. The minimum atomic E-state index is 1.43. The zero-order valence-electron chi connectivity index (χ0n) is 7.18. The molecule has 0 aliphatic heterocycles. The van der Waals surface area contributed by atoms with Crippen LogP contribution in [0.15, 0.2) is 53.3 Å².